The van der Waals surface area contributed by atoms with Gasteiger partial charge in [0.15, 0.2) is 0 Å². The van der Waals surface area contributed by atoms with Crippen LogP contribution in [0, 0.1) is 0 Å². The smallest absolute Gasteiger partial charge is 0.128 e. The summed E-state index contributed by atoms with van der Waals surface area (Å²) in [5.41, 5.74) is 2.01. The maximum atomic E-state index is 9.37. The molecule has 1 N–H and O–H groups in total. The van der Waals surface area contributed by atoms with Gasteiger partial charge in [0.2, 0.25) is 0 Å². The standard InChI is InChI=1S/C16H27N3O/c1-4-14-9-13(12-20)10-16(17-14)18(3)11-15-7-6-8-19(15)5-2/h9-10,15,20H,4-8,11-12H2,1-3H3. The van der Waals surface area contributed by atoms with Gasteiger partial charge in [0.25, 0.3) is 0 Å². The number of aliphatic hydroxyl groups is 1. The molecular weight excluding hydrogens is 250 g/mol. The highest BCUT2D eigenvalue weighted by atomic mass is 16.3. The Balaban J connectivity index is 2.10. The summed E-state index contributed by atoms with van der Waals surface area (Å²) in [4.78, 5) is 9.47. The number of aryl methyl sites for hydroxylation is 1. The Bertz CT molecular complexity index is 413. The first-order valence-corrected chi connectivity index (χ1v) is 7.73. The molecule has 1 aromatic rings. The summed E-state index contributed by atoms with van der Waals surface area (Å²) < 4.78 is 0. The molecule has 4 heteroatoms. The maximum Gasteiger partial charge on any atom is 0.128 e. The number of hydrogen-bond acceptors (Lipinski definition) is 4. The van der Waals surface area contributed by atoms with Crippen molar-refractivity contribution in [2.45, 2.75) is 45.8 Å². The Labute approximate surface area is 122 Å². The summed E-state index contributed by atoms with van der Waals surface area (Å²) in [6.07, 6.45) is 3.48. The zero-order valence-corrected chi connectivity index (χ0v) is 13.0. The quantitative estimate of drug-likeness (QED) is 0.864. The van der Waals surface area contributed by atoms with Gasteiger partial charge in [-0.25, -0.2) is 4.98 Å². The van der Waals surface area contributed by atoms with Gasteiger partial charge in [-0.1, -0.05) is 13.8 Å². The number of rotatable bonds is 6. The first-order chi connectivity index (χ1) is 9.67. The van der Waals surface area contributed by atoms with Crippen molar-refractivity contribution in [1.82, 2.24) is 9.88 Å². The van der Waals surface area contributed by atoms with Crippen molar-refractivity contribution in [2.75, 3.05) is 31.6 Å². The second-order valence-electron chi connectivity index (χ2n) is 5.64. The third-order valence-corrected chi connectivity index (χ3v) is 4.25. The number of pyridine rings is 1. The fourth-order valence-corrected chi connectivity index (χ4v) is 3.03. The number of likely N-dealkylation sites (N-methyl/N-ethyl adjacent to an activating group) is 2. The Hall–Kier alpha value is -1.13. The molecule has 112 valence electrons. The lowest BCUT2D eigenvalue weighted by Crippen LogP contribution is -2.39. The molecule has 1 unspecified atom stereocenters. The Kier molecular flexibility index (Phi) is 5.38. The van der Waals surface area contributed by atoms with Crippen LogP contribution >= 0.6 is 0 Å². The Morgan fingerprint density at radius 1 is 1.40 bits per heavy atom. The van der Waals surface area contributed by atoms with Crippen molar-refractivity contribution in [1.29, 1.82) is 0 Å². The summed E-state index contributed by atoms with van der Waals surface area (Å²) >= 11 is 0. The molecule has 2 rings (SSSR count). The van der Waals surface area contributed by atoms with Gasteiger partial charge >= 0.3 is 0 Å². The number of aromatic nitrogens is 1. The molecule has 0 aliphatic carbocycles. The van der Waals surface area contributed by atoms with Gasteiger partial charge in [-0.15, -0.1) is 0 Å². The molecule has 0 aromatic carbocycles. The molecule has 1 aliphatic rings. The molecule has 0 amide bonds. The lowest BCUT2D eigenvalue weighted by atomic mass is 10.1. The van der Waals surface area contributed by atoms with Crippen LogP contribution in [0.25, 0.3) is 0 Å². The summed E-state index contributed by atoms with van der Waals surface area (Å²) in [6, 6.07) is 4.63. The summed E-state index contributed by atoms with van der Waals surface area (Å²) in [5, 5.41) is 9.37. The molecule has 1 atom stereocenters. The molecule has 0 saturated carbocycles. The van der Waals surface area contributed by atoms with Gasteiger partial charge in [-0.2, -0.15) is 0 Å². The fraction of sp³-hybridized carbons (Fsp3) is 0.688. The van der Waals surface area contributed by atoms with Crippen molar-refractivity contribution in [2.24, 2.45) is 0 Å². The lowest BCUT2D eigenvalue weighted by molar-refractivity contribution is 0.270. The van der Waals surface area contributed by atoms with Gasteiger partial charge in [0.05, 0.1) is 6.61 Å². The van der Waals surface area contributed by atoms with Gasteiger partial charge in [0, 0.05) is 25.3 Å². The topological polar surface area (TPSA) is 39.6 Å². The van der Waals surface area contributed by atoms with E-state index in [-0.39, 0.29) is 6.61 Å². The van der Waals surface area contributed by atoms with Crippen LogP contribution in [0.15, 0.2) is 12.1 Å². The minimum Gasteiger partial charge on any atom is -0.392 e. The van der Waals surface area contributed by atoms with Crippen LogP contribution in [0.1, 0.15) is 37.9 Å². The maximum absolute atomic E-state index is 9.37. The van der Waals surface area contributed by atoms with Crippen LogP contribution in [0.3, 0.4) is 0 Å². The highest BCUT2D eigenvalue weighted by molar-refractivity contribution is 5.42. The first-order valence-electron chi connectivity index (χ1n) is 7.73. The molecule has 1 aromatic heterocycles. The summed E-state index contributed by atoms with van der Waals surface area (Å²) in [6.45, 7) is 7.78. The molecule has 2 heterocycles. The van der Waals surface area contributed by atoms with Crippen LogP contribution < -0.4 is 4.90 Å². The van der Waals surface area contributed by atoms with E-state index < -0.39 is 0 Å². The van der Waals surface area contributed by atoms with Crippen LogP contribution in [-0.2, 0) is 13.0 Å². The largest absolute Gasteiger partial charge is 0.392 e. The molecule has 4 nitrogen and oxygen atoms in total. The second-order valence-corrected chi connectivity index (χ2v) is 5.64. The van der Waals surface area contributed by atoms with Crippen LogP contribution in [0.4, 0.5) is 5.82 Å². The number of anilines is 1. The number of hydrogen-bond donors (Lipinski definition) is 1. The highest BCUT2D eigenvalue weighted by Gasteiger charge is 2.24. The average Bonchev–Trinajstić information content (AvgIpc) is 2.93. The van der Waals surface area contributed by atoms with E-state index in [4.69, 9.17) is 0 Å². The van der Waals surface area contributed by atoms with E-state index in [2.05, 4.69) is 35.7 Å². The monoisotopic (exact) mass is 277 g/mol. The molecule has 1 saturated heterocycles. The average molecular weight is 277 g/mol. The van der Waals surface area contributed by atoms with Crippen molar-refractivity contribution < 1.29 is 5.11 Å². The first kappa shape index (κ1) is 15.3. The predicted octanol–water partition coefficient (Wildman–Crippen LogP) is 2.06. The molecule has 0 radical (unpaired) electrons. The van der Waals surface area contributed by atoms with E-state index in [9.17, 15) is 5.11 Å². The van der Waals surface area contributed by atoms with Crippen molar-refractivity contribution >= 4 is 5.82 Å². The number of nitrogens with zero attached hydrogens (tertiary/aromatic N) is 3. The summed E-state index contributed by atoms with van der Waals surface area (Å²) in [7, 11) is 2.11. The van der Waals surface area contributed by atoms with E-state index in [0.29, 0.717) is 6.04 Å². The van der Waals surface area contributed by atoms with Crippen molar-refractivity contribution in [3.63, 3.8) is 0 Å². The van der Waals surface area contributed by atoms with E-state index in [1.54, 1.807) is 0 Å². The lowest BCUT2D eigenvalue weighted by Gasteiger charge is -2.28. The number of likely N-dealkylation sites (tertiary alicyclic amines) is 1. The van der Waals surface area contributed by atoms with Crippen LogP contribution in [0.5, 0.6) is 0 Å². The molecule has 20 heavy (non-hydrogen) atoms. The van der Waals surface area contributed by atoms with E-state index in [1.165, 1.54) is 19.4 Å². The molecule has 0 spiro atoms. The van der Waals surface area contributed by atoms with E-state index >= 15 is 0 Å². The Morgan fingerprint density at radius 3 is 2.85 bits per heavy atom. The minimum absolute atomic E-state index is 0.0842. The SMILES string of the molecule is CCc1cc(CO)cc(N(C)CC2CCCN2CC)n1. The molecular formula is C16H27N3O. The van der Waals surface area contributed by atoms with Crippen LogP contribution in [0.2, 0.25) is 0 Å². The predicted molar refractivity (Wildman–Crippen MR) is 83.1 cm³/mol. The van der Waals surface area contributed by atoms with Gasteiger partial charge < -0.3 is 10.0 Å². The number of aliphatic hydroxyl groups excluding tert-OH is 1. The van der Waals surface area contributed by atoms with E-state index in [0.717, 1.165) is 36.6 Å². The third kappa shape index (κ3) is 3.49. The molecule has 1 fully saturated rings. The second kappa shape index (κ2) is 7.04. The molecule has 1 aliphatic heterocycles. The van der Waals surface area contributed by atoms with Gasteiger partial charge in [0.1, 0.15) is 5.82 Å². The third-order valence-electron chi connectivity index (χ3n) is 4.25. The van der Waals surface area contributed by atoms with Crippen LogP contribution in [-0.4, -0.2) is 47.7 Å². The zero-order chi connectivity index (χ0) is 14.5. The van der Waals surface area contributed by atoms with Crippen molar-refractivity contribution in [3.8, 4) is 0 Å². The van der Waals surface area contributed by atoms with Gasteiger partial charge in [-0.3, -0.25) is 4.90 Å². The minimum atomic E-state index is 0.0842. The fourth-order valence-electron chi connectivity index (χ4n) is 3.03. The summed E-state index contributed by atoms with van der Waals surface area (Å²) in [5.74, 6) is 0.983. The molecule has 0 bridgehead atoms. The van der Waals surface area contributed by atoms with Crippen molar-refractivity contribution in [3.05, 3.63) is 23.4 Å². The zero-order valence-electron chi connectivity index (χ0n) is 13.0. The highest BCUT2D eigenvalue weighted by Crippen LogP contribution is 2.21. The van der Waals surface area contributed by atoms with Gasteiger partial charge in [-0.05, 0) is 50.0 Å². The van der Waals surface area contributed by atoms with E-state index in [1.807, 2.05) is 12.1 Å². The normalized spacial score (nSPS) is 19.5. The Morgan fingerprint density at radius 2 is 2.20 bits per heavy atom.